The lowest BCUT2D eigenvalue weighted by molar-refractivity contribution is 0.185. The third-order valence-electron chi connectivity index (χ3n) is 6.07. The largest absolute Gasteiger partial charge is 0.474 e. The summed E-state index contributed by atoms with van der Waals surface area (Å²) in [7, 11) is 0. The van der Waals surface area contributed by atoms with E-state index < -0.39 is 11.9 Å². The van der Waals surface area contributed by atoms with Gasteiger partial charge in [-0.25, -0.2) is 19.2 Å². The molecule has 1 atom stereocenters. The second-order valence-corrected chi connectivity index (χ2v) is 8.26. The van der Waals surface area contributed by atoms with Gasteiger partial charge < -0.3 is 25.6 Å². The van der Waals surface area contributed by atoms with Crippen LogP contribution < -0.4 is 21.1 Å². The Kier molecular flexibility index (Phi) is 6.97. The third kappa shape index (κ3) is 4.81. The van der Waals surface area contributed by atoms with Crippen LogP contribution in [0.15, 0.2) is 24.5 Å². The Morgan fingerprint density at radius 2 is 2.12 bits per heavy atom. The molecule has 0 aliphatic carbocycles. The predicted octanol–water partition coefficient (Wildman–Crippen LogP) is 4.65. The number of nitrogen functional groups attached to an aromatic ring is 1. The number of rotatable bonds is 3. The molecule has 1 fully saturated rings. The molecular formula is C24H28FN5O4. The normalized spacial score (nSPS) is 16.6. The first-order valence-electron chi connectivity index (χ1n) is 11.2. The highest BCUT2D eigenvalue weighted by molar-refractivity contribution is 5.99. The molecule has 2 aliphatic rings. The molecule has 1 saturated heterocycles. The summed E-state index contributed by atoms with van der Waals surface area (Å²) in [5.41, 5.74) is 8.28. The van der Waals surface area contributed by atoms with Crippen LogP contribution in [-0.2, 0) is 4.74 Å². The van der Waals surface area contributed by atoms with E-state index in [1.54, 1.807) is 12.3 Å². The predicted molar refractivity (Wildman–Crippen MR) is 129 cm³/mol. The first-order valence-corrected chi connectivity index (χ1v) is 11.2. The van der Waals surface area contributed by atoms with Crippen LogP contribution in [0.25, 0.3) is 21.9 Å². The van der Waals surface area contributed by atoms with Crippen molar-refractivity contribution >= 4 is 34.1 Å². The van der Waals surface area contributed by atoms with Gasteiger partial charge in [0.05, 0.1) is 5.69 Å². The number of pyridine rings is 2. The number of carbonyl (C=O) groups is 1. The van der Waals surface area contributed by atoms with Gasteiger partial charge in [0.2, 0.25) is 5.88 Å². The number of nitrogens with zero attached hydrogens (tertiary/aromatic N) is 2. The van der Waals surface area contributed by atoms with Crippen molar-refractivity contribution in [3.8, 4) is 17.0 Å². The molecular weight excluding hydrogens is 441 g/mol. The van der Waals surface area contributed by atoms with Gasteiger partial charge in [0.15, 0.2) is 5.82 Å². The van der Waals surface area contributed by atoms with Gasteiger partial charge in [-0.05, 0) is 42.3 Å². The summed E-state index contributed by atoms with van der Waals surface area (Å²) in [6.45, 7) is 7.23. The molecule has 0 radical (unpaired) electrons. The van der Waals surface area contributed by atoms with Crippen LogP contribution in [0.2, 0.25) is 0 Å². The molecule has 9 nitrogen and oxygen atoms in total. The molecule has 3 aromatic rings. The average molecular weight is 470 g/mol. The molecule has 0 saturated carbocycles. The summed E-state index contributed by atoms with van der Waals surface area (Å²) in [4.78, 5) is 19.1. The van der Waals surface area contributed by atoms with Crippen molar-refractivity contribution in [2.45, 2.75) is 26.7 Å². The summed E-state index contributed by atoms with van der Waals surface area (Å²) in [5.74, 6) is 0.904. The molecule has 10 heteroatoms. The van der Waals surface area contributed by atoms with E-state index in [0.717, 1.165) is 30.4 Å². The third-order valence-corrected chi connectivity index (χ3v) is 6.07. The smallest absolute Gasteiger partial charge is 0.410 e. The number of halogens is 1. The Morgan fingerprint density at radius 3 is 2.79 bits per heavy atom. The highest BCUT2D eigenvalue weighted by Gasteiger charge is 2.21. The molecule has 0 unspecified atom stereocenters. The van der Waals surface area contributed by atoms with Crippen LogP contribution in [0.3, 0.4) is 0 Å². The number of carboxylic acid groups (broad SMARTS) is 1. The van der Waals surface area contributed by atoms with Gasteiger partial charge in [-0.2, -0.15) is 0 Å². The molecule has 2 aliphatic heterocycles. The van der Waals surface area contributed by atoms with E-state index in [4.69, 9.17) is 20.3 Å². The number of fused-ring (bicyclic) bond motifs is 2. The van der Waals surface area contributed by atoms with Crippen molar-refractivity contribution in [2.75, 3.05) is 42.7 Å². The van der Waals surface area contributed by atoms with Crippen molar-refractivity contribution in [3.63, 3.8) is 0 Å². The fourth-order valence-corrected chi connectivity index (χ4v) is 4.07. The van der Waals surface area contributed by atoms with Gasteiger partial charge in [-0.3, -0.25) is 5.32 Å². The lowest BCUT2D eigenvalue weighted by Gasteiger charge is -2.22. The second kappa shape index (κ2) is 10.1. The standard InChI is InChI=1S/C18H16FN5O3.C6H12O/c1-8-11(6-23-17-16(8)21-2-3-27-17)10-4-9-5-13(24-18(25)26)22-7-12(9)15(20)14(10)19;1-2-6-3-4-7-5-6/h4-7,21H,2-3,20H2,1H3,(H,22,24)(H,25,26);6H,2-5H2,1H3/t;6-/m.0/s1. The Bertz CT molecular complexity index is 1210. The summed E-state index contributed by atoms with van der Waals surface area (Å²) in [6.07, 6.45) is 4.23. The maximum atomic E-state index is 15.0. The maximum Gasteiger partial charge on any atom is 0.410 e. The highest BCUT2D eigenvalue weighted by atomic mass is 19.1. The zero-order valence-corrected chi connectivity index (χ0v) is 19.2. The number of hydrogen-bond donors (Lipinski definition) is 4. The van der Waals surface area contributed by atoms with Crippen molar-refractivity contribution in [3.05, 3.63) is 35.9 Å². The first-order chi connectivity index (χ1) is 16.4. The fourth-order valence-electron chi connectivity index (χ4n) is 4.07. The SMILES string of the molecule is CC[C@H]1CCOC1.Cc1c(-c2cc3cc(NC(=O)O)ncc3c(N)c2F)cnc2c1NCCO2. The van der Waals surface area contributed by atoms with Crippen molar-refractivity contribution < 1.29 is 23.8 Å². The Morgan fingerprint density at radius 1 is 1.29 bits per heavy atom. The minimum atomic E-state index is -1.24. The number of anilines is 3. The quantitative estimate of drug-likeness (QED) is 0.408. The zero-order valence-electron chi connectivity index (χ0n) is 19.2. The van der Waals surface area contributed by atoms with Gasteiger partial charge in [0.1, 0.15) is 18.1 Å². The topological polar surface area (TPSA) is 132 Å². The van der Waals surface area contributed by atoms with E-state index in [0.29, 0.717) is 35.4 Å². The fraction of sp³-hybridized carbons (Fsp3) is 0.375. The number of benzene rings is 1. The van der Waals surface area contributed by atoms with Crippen LogP contribution in [0.1, 0.15) is 25.3 Å². The number of ether oxygens (including phenoxy) is 2. The van der Waals surface area contributed by atoms with E-state index in [1.807, 2.05) is 6.92 Å². The summed E-state index contributed by atoms with van der Waals surface area (Å²) in [5, 5.41) is 15.2. The number of amides is 1. The van der Waals surface area contributed by atoms with Crippen molar-refractivity contribution in [1.29, 1.82) is 0 Å². The molecule has 1 amide bonds. The Hall–Kier alpha value is -3.66. The number of hydrogen-bond acceptors (Lipinski definition) is 7. The van der Waals surface area contributed by atoms with E-state index in [-0.39, 0.29) is 17.1 Å². The molecule has 5 N–H and O–H groups in total. The monoisotopic (exact) mass is 469 g/mol. The summed E-state index contributed by atoms with van der Waals surface area (Å²) < 4.78 is 25.7. The van der Waals surface area contributed by atoms with E-state index in [2.05, 4.69) is 27.5 Å². The van der Waals surface area contributed by atoms with Crippen molar-refractivity contribution in [2.24, 2.45) is 5.92 Å². The van der Waals surface area contributed by atoms with E-state index >= 15 is 0 Å². The van der Waals surface area contributed by atoms with Gasteiger partial charge in [-0.1, -0.05) is 13.3 Å². The molecule has 5 rings (SSSR count). The van der Waals surface area contributed by atoms with E-state index in [9.17, 15) is 9.18 Å². The molecule has 0 spiro atoms. The number of nitrogens with one attached hydrogen (secondary N) is 2. The van der Waals surface area contributed by atoms with Crippen LogP contribution >= 0.6 is 0 Å². The Balaban J connectivity index is 0.000000336. The van der Waals surface area contributed by atoms with E-state index in [1.165, 1.54) is 25.1 Å². The summed E-state index contributed by atoms with van der Waals surface area (Å²) >= 11 is 0. The van der Waals surface area contributed by atoms with Gasteiger partial charge in [-0.15, -0.1) is 0 Å². The Labute approximate surface area is 196 Å². The second-order valence-electron chi connectivity index (χ2n) is 8.26. The zero-order chi connectivity index (χ0) is 24.2. The highest BCUT2D eigenvalue weighted by Crippen LogP contribution is 2.39. The molecule has 180 valence electrons. The number of aromatic nitrogens is 2. The van der Waals surface area contributed by atoms with Gasteiger partial charge in [0.25, 0.3) is 0 Å². The maximum absolute atomic E-state index is 15.0. The lowest BCUT2D eigenvalue weighted by atomic mass is 9.97. The average Bonchev–Trinajstić information content (AvgIpc) is 3.36. The lowest BCUT2D eigenvalue weighted by Crippen LogP contribution is -2.20. The molecule has 4 heterocycles. The molecule has 2 aromatic heterocycles. The molecule has 1 aromatic carbocycles. The van der Waals surface area contributed by atoms with Gasteiger partial charge in [0, 0.05) is 48.7 Å². The summed E-state index contributed by atoms with van der Waals surface area (Å²) in [6, 6.07) is 3.11. The van der Waals surface area contributed by atoms with Crippen LogP contribution in [0, 0.1) is 18.7 Å². The van der Waals surface area contributed by atoms with Crippen molar-refractivity contribution in [1.82, 2.24) is 9.97 Å². The van der Waals surface area contributed by atoms with Crippen LogP contribution in [0.4, 0.5) is 26.4 Å². The van der Waals surface area contributed by atoms with Crippen LogP contribution in [-0.4, -0.2) is 47.5 Å². The molecule has 34 heavy (non-hydrogen) atoms. The minimum Gasteiger partial charge on any atom is -0.474 e. The van der Waals surface area contributed by atoms with Crippen LogP contribution in [0.5, 0.6) is 5.88 Å². The number of nitrogens with two attached hydrogens (primary N) is 1. The minimum absolute atomic E-state index is 0.0572. The molecule has 0 bridgehead atoms. The van der Waals surface area contributed by atoms with Gasteiger partial charge >= 0.3 is 6.09 Å². The first kappa shape index (κ1) is 23.5.